The number of hydrogen-bond donors (Lipinski definition) is 1. The largest absolute Gasteiger partial charge is 0.337 e. The van der Waals surface area contributed by atoms with Crippen LogP contribution in [0.1, 0.15) is 13.3 Å². The standard InChI is InChI=1S/C14H18N4O2S/c1-10-8-15-4-6-18(10)12(19)2-5-17-9-16-13-11(14(17)20)3-7-21-13/h3,7,9-10,15H,2,4-6,8H2,1H3/t10-/m0/s1. The summed E-state index contributed by atoms with van der Waals surface area (Å²) < 4.78 is 1.53. The van der Waals surface area contributed by atoms with E-state index in [1.165, 1.54) is 22.2 Å². The number of carbonyl (C=O) groups is 1. The lowest BCUT2D eigenvalue weighted by atomic mass is 10.2. The molecule has 2 aromatic heterocycles. The molecule has 1 N–H and O–H groups in total. The normalized spacial score (nSPS) is 19.1. The Morgan fingerprint density at radius 3 is 3.24 bits per heavy atom. The zero-order valence-electron chi connectivity index (χ0n) is 11.9. The average Bonchev–Trinajstić information content (AvgIpc) is 2.96. The van der Waals surface area contributed by atoms with Crippen molar-refractivity contribution in [2.24, 2.45) is 0 Å². The van der Waals surface area contributed by atoms with Crippen molar-refractivity contribution in [3.63, 3.8) is 0 Å². The summed E-state index contributed by atoms with van der Waals surface area (Å²) in [6, 6.07) is 1.99. The van der Waals surface area contributed by atoms with Crippen molar-refractivity contribution in [2.75, 3.05) is 19.6 Å². The van der Waals surface area contributed by atoms with Gasteiger partial charge in [0, 0.05) is 38.6 Å². The lowest BCUT2D eigenvalue weighted by molar-refractivity contribution is -0.134. The van der Waals surface area contributed by atoms with E-state index < -0.39 is 0 Å². The van der Waals surface area contributed by atoms with Crippen LogP contribution in [0.3, 0.4) is 0 Å². The van der Waals surface area contributed by atoms with Crippen LogP contribution >= 0.6 is 11.3 Å². The number of aryl methyl sites for hydroxylation is 1. The van der Waals surface area contributed by atoms with Crippen LogP contribution in [-0.2, 0) is 11.3 Å². The number of fused-ring (bicyclic) bond motifs is 1. The monoisotopic (exact) mass is 306 g/mol. The second kappa shape index (κ2) is 5.95. The number of thiophene rings is 1. The predicted octanol–water partition coefficient (Wildman–Crippen LogP) is 0.668. The molecule has 112 valence electrons. The zero-order valence-corrected chi connectivity index (χ0v) is 12.7. The summed E-state index contributed by atoms with van der Waals surface area (Å²) in [7, 11) is 0. The van der Waals surface area contributed by atoms with Gasteiger partial charge in [-0.25, -0.2) is 4.98 Å². The van der Waals surface area contributed by atoms with Gasteiger partial charge in [-0.3, -0.25) is 14.2 Å². The maximum atomic E-state index is 12.3. The van der Waals surface area contributed by atoms with Gasteiger partial charge in [0.2, 0.25) is 5.91 Å². The molecule has 0 saturated carbocycles. The number of nitrogens with zero attached hydrogens (tertiary/aromatic N) is 3. The van der Waals surface area contributed by atoms with E-state index >= 15 is 0 Å². The van der Waals surface area contributed by atoms with Crippen molar-refractivity contribution < 1.29 is 4.79 Å². The molecule has 1 fully saturated rings. The van der Waals surface area contributed by atoms with Crippen molar-refractivity contribution in [1.82, 2.24) is 19.8 Å². The first-order valence-corrected chi connectivity index (χ1v) is 7.97. The zero-order chi connectivity index (χ0) is 14.8. The minimum Gasteiger partial charge on any atom is -0.337 e. The molecule has 6 nitrogen and oxygen atoms in total. The van der Waals surface area contributed by atoms with Crippen molar-refractivity contribution in [2.45, 2.75) is 25.9 Å². The molecular weight excluding hydrogens is 288 g/mol. The fourth-order valence-electron chi connectivity index (χ4n) is 2.62. The quantitative estimate of drug-likeness (QED) is 0.905. The highest BCUT2D eigenvalue weighted by Crippen LogP contribution is 2.13. The first-order chi connectivity index (χ1) is 10.2. The Kier molecular flexibility index (Phi) is 4.03. The van der Waals surface area contributed by atoms with Crippen molar-refractivity contribution in [1.29, 1.82) is 0 Å². The molecule has 3 heterocycles. The maximum Gasteiger partial charge on any atom is 0.262 e. The van der Waals surface area contributed by atoms with E-state index in [0.717, 1.165) is 24.5 Å². The summed E-state index contributed by atoms with van der Waals surface area (Å²) in [5.74, 6) is 0.0984. The van der Waals surface area contributed by atoms with Gasteiger partial charge in [0.15, 0.2) is 0 Å². The minimum atomic E-state index is -0.0672. The fourth-order valence-corrected chi connectivity index (χ4v) is 3.35. The van der Waals surface area contributed by atoms with Crippen LogP contribution in [0.2, 0.25) is 0 Å². The maximum absolute atomic E-state index is 12.3. The number of piperazine rings is 1. The molecule has 1 saturated heterocycles. The molecule has 0 aromatic carbocycles. The Balaban J connectivity index is 1.70. The molecule has 0 bridgehead atoms. The van der Waals surface area contributed by atoms with Gasteiger partial charge < -0.3 is 10.2 Å². The lowest BCUT2D eigenvalue weighted by Crippen LogP contribution is -2.52. The molecule has 1 aliphatic rings. The van der Waals surface area contributed by atoms with Gasteiger partial charge in [0.25, 0.3) is 5.56 Å². The highest BCUT2D eigenvalue weighted by molar-refractivity contribution is 7.16. The summed E-state index contributed by atoms with van der Waals surface area (Å²) in [5, 5.41) is 5.75. The molecule has 1 aliphatic heterocycles. The fraction of sp³-hybridized carbons (Fsp3) is 0.500. The summed E-state index contributed by atoms with van der Waals surface area (Å²) in [4.78, 5) is 31.4. The molecule has 1 amide bonds. The van der Waals surface area contributed by atoms with Gasteiger partial charge in [-0.2, -0.15) is 0 Å². The smallest absolute Gasteiger partial charge is 0.262 e. The van der Waals surface area contributed by atoms with Crippen LogP contribution in [0.15, 0.2) is 22.6 Å². The number of carbonyl (C=O) groups excluding carboxylic acids is 1. The Morgan fingerprint density at radius 2 is 2.43 bits per heavy atom. The van der Waals surface area contributed by atoms with Gasteiger partial charge in [0.1, 0.15) is 4.83 Å². The third-order valence-corrected chi connectivity index (χ3v) is 4.66. The Bertz CT molecular complexity index is 708. The van der Waals surface area contributed by atoms with E-state index in [4.69, 9.17) is 0 Å². The molecule has 0 radical (unpaired) electrons. The Morgan fingerprint density at radius 1 is 1.57 bits per heavy atom. The van der Waals surface area contributed by atoms with E-state index in [2.05, 4.69) is 10.3 Å². The molecular formula is C14H18N4O2S. The number of hydrogen-bond acceptors (Lipinski definition) is 5. The van der Waals surface area contributed by atoms with E-state index in [-0.39, 0.29) is 17.5 Å². The van der Waals surface area contributed by atoms with E-state index in [9.17, 15) is 9.59 Å². The molecule has 0 spiro atoms. The summed E-state index contributed by atoms with van der Waals surface area (Å²) in [6.07, 6.45) is 1.87. The van der Waals surface area contributed by atoms with Gasteiger partial charge in [-0.1, -0.05) is 0 Å². The van der Waals surface area contributed by atoms with Crippen LogP contribution in [0.5, 0.6) is 0 Å². The first kappa shape index (κ1) is 14.2. The van der Waals surface area contributed by atoms with Crippen molar-refractivity contribution in [3.05, 3.63) is 28.1 Å². The average molecular weight is 306 g/mol. The highest BCUT2D eigenvalue weighted by atomic mass is 32.1. The minimum absolute atomic E-state index is 0.0672. The Hall–Kier alpha value is -1.73. The molecule has 2 aromatic rings. The third kappa shape index (κ3) is 2.84. The summed E-state index contributed by atoms with van der Waals surface area (Å²) in [5.41, 5.74) is -0.0672. The van der Waals surface area contributed by atoms with Crippen molar-refractivity contribution in [3.8, 4) is 0 Å². The highest BCUT2D eigenvalue weighted by Gasteiger charge is 2.22. The molecule has 3 rings (SSSR count). The van der Waals surface area contributed by atoms with Crippen LogP contribution in [-0.4, -0.2) is 46.0 Å². The van der Waals surface area contributed by atoms with Gasteiger partial charge >= 0.3 is 0 Å². The number of aromatic nitrogens is 2. The predicted molar refractivity (Wildman–Crippen MR) is 82.5 cm³/mol. The molecule has 0 unspecified atom stereocenters. The molecule has 7 heteroatoms. The first-order valence-electron chi connectivity index (χ1n) is 7.09. The lowest BCUT2D eigenvalue weighted by Gasteiger charge is -2.34. The van der Waals surface area contributed by atoms with Crippen LogP contribution in [0.25, 0.3) is 10.2 Å². The third-order valence-electron chi connectivity index (χ3n) is 3.84. The summed E-state index contributed by atoms with van der Waals surface area (Å²) in [6.45, 7) is 4.81. The molecule has 0 aliphatic carbocycles. The molecule has 21 heavy (non-hydrogen) atoms. The van der Waals surface area contributed by atoms with E-state index in [1.807, 2.05) is 17.2 Å². The van der Waals surface area contributed by atoms with Gasteiger partial charge in [-0.05, 0) is 18.4 Å². The second-order valence-electron chi connectivity index (χ2n) is 5.27. The molecule has 1 atom stereocenters. The van der Waals surface area contributed by atoms with Crippen LogP contribution in [0.4, 0.5) is 0 Å². The van der Waals surface area contributed by atoms with Gasteiger partial charge in [0.05, 0.1) is 11.7 Å². The topological polar surface area (TPSA) is 67.2 Å². The second-order valence-corrected chi connectivity index (χ2v) is 6.17. The van der Waals surface area contributed by atoms with Crippen molar-refractivity contribution >= 4 is 27.5 Å². The van der Waals surface area contributed by atoms with E-state index in [1.54, 1.807) is 6.07 Å². The van der Waals surface area contributed by atoms with Crippen LogP contribution in [0, 0.1) is 0 Å². The number of rotatable bonds is 3. The summed E-state index contributed by atoms with van der Waals surface area (Å²) >= 11 is 1.45. The number of amides is 1. The number of nitrogens with one attached hydrogen (secondary N) is 1. The van der Waals surface area contributed by atoms with Gasteiger partial charge in [-0.15, -0.1) is 11.3 Å². The van der Waals surface area contributed by atoms with Crippen LogP contribution < -0.4 is 10.9 Å². The Labute approximate surface area is 126 Å². The van der Waals surface area contributed by atoms with E-state index in [0.29, 0.717) is 18.4 Å². The SMILES string of the molecule is C[C@H]1CNCCN1C(=O)CCn1cnc2sccc2c1=O.